The number of aliphatic carboxylic acids is 1. The van der Waals surface area contributed by atoms with E-state index in [9.17, 15) is 9.59 Å². The maximum atomic E-state index is 11.4. The highest BCUT2D eigenvalue weighted by Gasteiger charge is 2.40. The Morgan fingerprint density at radius 3 is 2.13 bits per heavy atom. The molecule has 1 heterocycles. The van der Waals surface area contributed by atoms with E-state index in [1.54, 1.807) is 4.90 Å². The summed E-state index contributed by atoms with van der Waals surface area (Å²) >= 11 is 0. The van der Waals surface area contributed by atoms with Crippen LogP contribution in [0.25, 0.3) is 0 Å². The predicted molar refractivity (Wildman–Crippen MR) is 56.5 cm³/mol. The number of nitrogens with zero attached hydrogens (tertiary/aromatic N) is 1. The molecule has 1 rings (SSSR count). The average molecular weight is 213 g/mol. The van der Waals surface area contributed by atoms with Crippen molar-refractivity contribution in [1.82, 2.24) is 4.90 Å². The predicted octanol–water partition coefficient (Wildman–Crippen LogP) is 1.50. The summed E-state index contributed by atoms with van der Waals surface area (Å²) in [7, 11) is 0. The van der Waals surface area contributed by atoms with Crippen molar-refractivity contribution in [2.75, 3.05) is 13.1 Å². The Morgan fingerprint density at radius 1 is 1.27 bits per heavy atom. The molecule has 15 heavy (non-hydrogen) atoms. The number of hydrogen-bond acceptors (Lipinski definition) is 2. The van der Waals surface area contributed by atoms with Crippen LogP contribution in [-0.2, 0) is 9.59 Å². The van der Waals surface area contributed by atoms with Crippen LogP contribution in [0.3, 0.4) is 0 Å². The molecule has 4 heteroatoms. The van der Waals surface area contributed by atoms with Crippen LogP contribution in [0.5, 0.6) is 0 Å². The number of hydrogen-bond donors (Lipinski definition) is 1. The van der Waals surface area contributed by atoms with E-state index in [4.69, 9.17) is 5.11 Å². The molecule has 1 amide bonds. The normalized spacial score (nSPS) is 20.0. The average Bonchev–Trinajstić information content (AvgIpc) is 2.28. The van der Waals surface area contributed by atoms with Crippen molar-refractivity contribution in [3.63, 3.8) is 0 Å². The van der Waals surface area contributed by atoms with Gasteiger partial charge in [-0.1, -0.05) is 13.8 Å². The zero-order valence-corrected chi connectivity index (χ0v) is 9.45. The maximum Gasteiger partial charge on any atom is 0.309 e. The lowest BCUT2D eigenvalue weighted by Gasteiger charge is -2.38. The second-order valence-electron chi connectivity index (χ2n) is 4.17. The fourth-order valence-electron chi connectivity index (χ4n) is 2.13. The maximum absolute atomic E-state index is 11.4. The Bertz CT molecular complexity index is 255. The molecule has 0 atom stereocenters. The molecule has 0 bridgehead atoms. The van der Waals surface area contributed by atoms with Crippen molar-refractivity contribution in [1.29, 1.82) is 0 Å². The van der Waals surface area contributed by atoms with E-state index in [0.29, 0.717) is 38.8 Å². The number of piperidine rings is 1. The Hall–Kier alpha value is -1.06. The quantitative estimate of drug-likeness (QED) is 0.773. The summed E-state index contributed by atoms with van der Waals surface area (Å²) < 4.78 is 0. The Morgan fingerprint density at radius 2 is 1.80 bits per heavy atom. The van der Waals surface area contributed by atoms with Crippen LogP contribution in [0.2, 0.25) is 0 Å². The molecule has 0 radical (unpaired) electrons. The molecule has 0 saturated carbocycles. The van der Waals surface area contributed by atoms with Gasteiger partial charge in [0, 0.05) is 19.5 Å². The molecule has 0 spiro atoms. The van der Waals surface area contributed by atoms with Gasteiger partial charge in [-0.05, 0) is 19.3 Å². The molecule has 1 saturated heterocycles. The lowest BCUT2D eigenvalue weighted by atomic mass is 9.76. The van der Waals surface area contributed by atoms with Crippen molar-refractivity contribution >= 4 is 11.9 Å². The standard InChI is InChI=1S/C11H19NO3/c1-3-9(13)12-7-5-11(4-2,6-8-12)10(14)15/h3-8H2,1-2H3,(H,14,15). The minimum absolute atomic E-state index is 0.130. The van der Waals surface area contributed by atoms with Gasteiger partial charge in [-0.3, -0.25) is 9.59 Å². The summed E-state index contributed by atoms with van der Waals surface area (Å²) in [6.45, 7) is 4.92. The number of carboxylic acids is 1. The molecule has 1 N–H and O–H groups in total. The van der Waals surface area contributed by atoms with Crippen molar-refractivity contribution < 1.29 is 14.7 Å². The zero-order valence-electron chi connectivity index (χ0n) is 9.45. The SMILES string of the molecule is CCC(=O)N1CCC(CC)(C(=O)O)CC1. The van der Waals surface area contributed by atoms with E-state index in [0.717, 1.165) is 0 Å². The van der Waals surface area contributed by atoms with Crippen LogP contribution in [0.4, 0.5) is 0 Å². The smallest absolute Gasteiger partial charge is 0.309 e. The third kappa shape index (κ3) is 2.30. The van der Waals surface area contributed by atoms with E-state index in [1.165, 1.54) is 0 Å². The van der Waals surface area contributed by atoms with E-state index >= 15 is 0 Å². The van der Waals surface area contributed by atoms with Crippen LogP contribution in [-0.4, -0.2) is 35.0 Å². The Labute approximate surface area is 90.3 Å². The largest absolute Gasteiger partial charge is 0.481 e. The summed E-state index contributed by atoms with van der Waals surface area (Å²) in [6.07, 6.45) is 2.33. The second-order valence-corrected chi connectivity index (χ2v) is 4.17. The fourth-order valence-corrected chi connectivity index (χ4v) is 2.13. The summed E-state index contributed by atoms with van der Waals surface area (Å²) in [4.78, 5) is 24.3. The number of carbonyl (C=O) groups excluding carboxylic acids is 1. The summed E-state index contributed by atoms with van der Waals surface area (Å²) in [5.74, 6) is -0.585. The number of likely N-dealkylation sites (tertiary alicyclic amines) is 1. The molecular formula is C11H19NO3. The van der Waals surface area contributed by atoms with Crippen molar-refractivity contribution in [3.05, 3.63) is 0 Å². The molecule has 4 nitrogen and oxygen atoms in total. The first-order chi connectivity index (χ1) is 7.05. The molecule has 0 aromatic carbocycles. The van der Waals surface area contributed by atoms with Gasteiger partial charge in [0.05, 0.1) is 5.41 Å². The van der Waals surface area contributed by atoms with Crippen molar-refractivity contribution in [2.24, 2.45) is 5.41 Å². The second kappa shape index (κ2) is 4.64. The first kappa shape index (κ1) is 12.0. The lowest BCUT2D eigenvalue weighted by Crippen LogP contribution is -2.46. The number of carboxylic acid groups (broad SMARTS) is 1. The topological polar surface area (TPSA) is 57.6 Å². The number of amides is 1. The highest BCUT2D eigenvalue weighted by atomic mass is 16.4. The van der Waals surface area contributed by atoms with Gasteiger partial charge in [0.25, 0.3) is 0 Å². The van der Waals surface area contributed by atoms with Crippen molar-refractivity contribution in [3.8, 4) is 0 Å². The third-order valence-corrected chi connectivity index (χ3v) is 3.51. The molecule has 0 aromatic heterocycles. The van der Waals surface area contributed by atoms with Gasteiger partial charge in [0.2, 0.25) is 5.91 Å². The third-order valence-electron chi connectivity index (χ3n) is 3.51. The monoisotopic (exact) mass is 213 g/mol. The van der Waals surface area contributed by atoms with Gasteiger partial charge in [-0.2, -0.15) is 0 Å². The van der Waals surface area contributed by atoms with Gasteiger partial charge in [-0.15, -0.1) is 0 Å². The fraction of sp³-hybridized carbons (Fsp3) is 0.818. The van der Waals surface area contributed by atoms with Gasteiger partial charge in [0.15, 0.2) is 0 Å². The van der Waals surface area contributed by atoms with E-state index in [1.807, 2.05) is 13.8 Å². The lowest BCUT2D eigenvalue weighted by molar-refractivity contribution is -0.154. The van der Waals surface area contributed by atoms with E-state index < -0.39 is 11.4 Å². The summed E-state index contributed by atoms with van der Waals surface area (Å²) in [6, 6.07) is 0. The highest BCUT2D eigenvalue weighted by molar-refractivity contribution is 5.78. The first-order valence-corrected chi connectivity index (χ1v) is 5.57. The summed E-state index contributed by atoms with van der Waals surface area (Å²) in [5, 5.41) is 9.17. The zero-order chi connectivity index (χ0) is 11.5. The molecule has 0 aliphatic carbocycles. The van der Waals surface area contributed by atoms with Gasteiger partial charge >= 0.3 is 5.97 Å². The van der Waals surface area contributed by atoms with E-state index in [-0.39, 0.29) is 5.91 Å². The Balaban J connectivity index is 2.61. The van der Waals surface area contributed by atoms with Crippen LogP contribution in [0, 0.1) is 5.41 Å². The molecule has 1 fully saturated rings. The number of rotatable bonds is 3. The molecule has 0 aromatic rings. The van der Waals surface area contributed by atoms with Crippen LogP contribution in [0.1, 0.15) is 39.5 Å². The molecular weight excluding hydrogens is 194 g/mol. The van der Waals surface area contributed by atoms with Crippen LogP contribution in [0.15, 0.2) is 0 Å². The van der Waals surface area contributed by atoms with Crippen LogP contribution < -0.4 is 0 Å². The highest BCUT2D eigenvalue weighted by Crippen LogP contribution is 2.35. The Kier molecular flexibility index (Phi) is 3.72. The minimum Gasteiger partial charge on any atom is -0.481 e. The molecule has 86 valence electrons. The van der Waals surface area contributed by atoms with Gasteiger partial charge in [-0.25, -0.2) is 0 Å². The minimum atomic E-state index is -0.714. The summed E-state index contributed by atoms with van der Waals surface area (Å²) in [5.41, 5.74) is -0.593. The molecule has 1 aliphatic rings. The van der Waals surface area contributed by atoms with Crippen LogP contribution >= 0.6 is 0 Å². The molecule has 0 unspecified atom stereocenters. The molecule has 1 aliphatic heterocycles. The van der Waals surface area contributed by atoms with Crippen molar-refractivity contribution in [2.45, 2.75) is 39.5 Å². The van der Waals surface area contributed by atoms with Gasteiger partial charge < -0.3 is 10.0 Å². The first-order valence-electron chi connectivity index (χ1n) is 5.57. The number of carbonyl (C=O) groups is 2. The van der Waals surface area contributed by atoms with Gasteiger partial charge in [0.1, 0.15) is 0 Å². The van der Waals surface area contributed by atoms with E-state index in [2.05, 4.69) is 0 Å².